The van der Waals surface area contributed by atoms with E-state index in [0.29, 0.717) is 22.5 Å². The van der Waals surface area contributed by atoms with Crippen molar-refractivity contribution in [3.8, 4) is 0 Å². The van der Waals surface area contributed by atoms with Crippen LogP contribution in [-0.4, -0.2) is 9.55 Å². The molecule has 3 nitrogen and oxygen atoms in total. The first-order valence-corrected chi connectivity index (χ1v) is 7.89. The molecular weight excluding hydrogens is 313 g/mol. The van der Waals surface area contributed by atoms with Crippen molar-refractivity contribution in [1.82, 2.24) is 9.55 Å². The van der Waals surface area contributed by atoms with Gasteiger partial charge in [0.25, 0.3) is 0 Å². The van der Waals surface area contributed by atoms with Crippen molar-refractivity contribution >= 4 is 35.0 Å². The molecule has 0 atom stereocenters. The molecule has 6 heteroatoms. The van der Waals surface area contributed by atoms with Crippen molar-refractivity contribution in [2.24, 2.45) is 12.8 Å². The van der Waals surface area contributed by atoms with E-state index in [-0.39, 0.29) is 0 Å². The minimum absolute atomic E-state index is 0.366. The van der Waals surface area contributed by atoms with Gasteiger partial charge in [0.15, 0.2) is 0 Å². The van der Waals surface area contributed by atoms with Crippen molar-refractivity contribution in [1.29, 1.82) is 0 Å². The Balaban J connectivity index is 2.42. The van der Waals surface area contributed by atoms with Crippen molar-refractivity contribution in [3.63, 3.8) is 0 Å². The fourth-order valence-electron chi connectivity index (χ4n) is 2.12. The quantitative estimate of drug-likeness (QED) is 0.900. The molecule has 20 heavy (non-hydrogen) atoms. The zero-order valence-corrected chi connectivity index (χ0v) is 14.0. The first-order valence-electron chi connectivity index (χ1n) is 6.32. The average molecular weight is 330 g/mol. The second-order valence-corrected chi connectivity index (χ2v) is 6.78. The number of imidazole rings is 1. The Bertz CT molecular complexity index is 603. The van der Waals surface area contributed by atoms with Gasteiger partial charge in [-0.05, 0) is 24.1 Å². The first kappa shape index (κ1) is 15.7. The molecule has 0 spiro atoms. The maximum Gasteiger partial charge on any atom is 0.123 e. The predicted octanol–water partition coefficient (Wildman–Crippen LogP) is 4.46. The van der Waals surface area contributed by atoms with Crippen LogP contribution in [0, 0.1) is 0 Å². The average Bonchev–Trinajstić information content (AvgIpc) is 2.64. The summed E-state index contributed by atoms with van der Waals surface area (Å²) in [6, 6.07) is 5.50. The van der Waals surface area contributed by atoms with Gasteiger partial charge in [0.2, 0.25) is 0 Å². The van der Waals surface area contributed by atoms with E-state index in [9.17, 15) is 0 Å². The standard InChI is InChI=1S/C14H17Cl2N3S/c1-8(2)13-14(18-12(7-17)19(13)3)20-11-5-9(15)4-10(16)6-11/h4-6,8H,7,17H2,1-3H3. The molecule has 0 aliphatic rings. The molecule has 1 heterocycles. The van der Waals surface area contributed by atoms with Crippen LogP contribution in [0.15, 0.2) is 28.1 Å². The maximum atomic E-state index is 6.04. The Morgan fingerprint density at radius 2 is 1.85 bits per heavy atom. The molecule has 0 unspecified atom stereocenters. The molecule has 1 aromatic heterocycles. The van der Waals surface area contributed by atoms with E-state index in [1.807, 2.05) is 19.2 Å². The number of benzene rings is 1. The van der Waals surface area contributed by atoms with Gasteiger partial charge in [-0.1, -0.05) is 48.8 Å². The van der Waals surface area contributed by atoms with E-state index in [1.165, 1.54) is 5.69 Å². The van der Waals surface area contributed by atoms with E-state index < -0.39 is 0 Å². The van der Waals surface area contributed by atoms with Crippen LogP contribution in [0.3, 0.4) is 0 Å². The highest BCUT2D eigenvalue weighted by Gasteiger charge is 2.18. The van der Waals surface area contributed by atoms with E-state index in [2.05, 4.69) is 23.4 Å². The summed E-state index contributed by atoms with van der Waals surface area (Å²) in [5, 5.41) is 2.21. The summed E-state index contributed by atoms with van der Waals surface area (Å²) in [5.41, 5.74) is 6.91. The van der Waals surface area contributed by atoms with Gasteiger partial charge < -0.3 is 10.3 Å². The van der Waals surface area contributed by atoms with E-state index in [0.717, 1.165) is 15.7 Å². The highest BCUT2D eigenvalue weighted by Crippen LogP contribution is 2.36. The molecular formula is C14H17Cl2N3S. The van der Waals surface area contributed by atoms with Crippen LogP contribution in [0.4, 0.5) is 0 Å². The predicted molar refractivity (Wildman–Crippen MR) is 85.8 cm³/mol. The Morgan fingerprint density at radius 1 is 1.25 bits per heavy atom. The molecule has 2 N–H and O–H groups in total. The molecule has 0 saturated carbocycles. The fourth-order valence-corrected chi connectivity index (χ4v) is 4.00. The third kappa shape index (κ3) is 3.31. The zero-order chi connectivity index (χ0) is 14.9. The summed E-state index contributed by atoms with van der Waals surface area (Å²) in [6.07, 6.45) is 0. The highest BCUT2D eigenvalue weighted by molar-refractivity contribution is 7.99. The summed E-state index contributed by atoms with van der Waals surface area (Å²) in [4.78, 5) is 5.60. The zero-order valence-electron chi connectivity index (χ0n) is 11.7. The van der Waals surface area contributed by atoms with Crippen LogP contribution >= 0.6 is 35.0 Å². The molecule has 2 aromatic rings. The van der Waals surface area contributed by atoms with Crippen LogP contribution in [0.25, 0.3) is 0 Å². The summed E-state index contributed by atoms with van der Waals surface area (Å²) >= 11 is 13.6. The first-order chi connectivity index (χ1) is 9.42. The lowest BCUT2D eigenvalue weighted by molar-refractivity contribution is 0.696. The van der Waals surface area contributed by atoms with Crippen LogP contribution in [0.2, 0.25) is 10.0 Å². The Kier molecular flexibility index (Phi) is 5.02. The van der Waals surface area contributed by atoms with E-state index >= 15 is 0 Å². The Labute approximate surface area is 133 Å². The van der Waals surface area contributed by atoms with Gasteiger partial charge in [0, 0.05) is 22.0 Å². The van der Waals surface area contributed by atoms with Gasteiger partial charge in [-0.15, -0.1) is 0 Å². The second kappa shape index (κ2) is 6.39. The number of rotatable bonds is 4. The number of aromatic nitrogens is 2. The van der Waals surface area contributed by atoms with Gasteiger partial charge in [-0.3, -0.25) is 0 Å². The van der Waals surface area contributed by atoms with Crippen LogP contribution in [0.1, 0.15) is 31.3 Å². The molecule has 1 aromatic carbocycles. The smallest absolute Gasteiger partial charge is 0.123 e. The summed E-state index contributed by atoms with van der Waals surface area (Å²) in [6.45, 7) is 4.71. The van der Waals surface area contributed by atoms with Crippen molar-refractivity contribution < 1.29 is 0 Å². The molecule has 108 valence electrons. The molecule has 0 saturated heterocycles. The fraction of sp³-hybridized carbons (Fsp3) is 0.357. The lowest BCUT2D eigenvalue weighted by Crippen LogP contribution is -2.07. The van der Waals surface area contributed by atoms with Crippen LogP contribution in [0.5, 0.6) is 0 Å². The topological polar surface area (TPSA) is 43.8 Å². The Hall–Kier alpha value is -0.680. The Morgan fingerprint density at radius 3 is 2.35 bits per heavy atom. The van der Waals surface area contributed by atoms with Gasteiger partial charge in [-0.25, -0.2) is 4.98 Å². The number of nitrogens with two attached hydrogens (primary N) is 1. The summed E-state index contributed by atoms with van der Waals surface area (Å²) in [5.74, 6) is 1.24. The van der Waals surface area contributed by atoms with Crippen LogP contribution in [-0.2, 0) is 13.6 Å². The number of halogens is 2. The largest absolute Gasteiger partial charge is 0.333 e. The lowest BCUT2D eigenvalue weighted by Gasteiger charge is -2.10. The molecule has 0 bridgehead atoms. The molecule has 0 aliphatic carbocycles. The van der Waals surface area contributed by atoms with Crippen LogP contribution < -0.4 is 5.73 Å². The minimum atomic E-state index is 0.366. The number of nitrogens with zero attached hydrogens (tertiary/aromatic N) is 2. The molecule has 2 rings (SSSR count). The van der Waals surface area contributed by atoms with Gasteiger partial charge in [0.05, 0.1) is 12.2 Å². The summed E-state index contributed by atoms with van der Waals surface area (Å²) < 4.78 is 2.07. The highest BCUT2D eigenvalue weighted by atomic mass is 35.5. The minimum Gasteiger partial charge on any atom is -0.333 e. The van der Waals surface area contributed by atoms with Crippen molar-refractivity contribution in [2.75, 3.05) is 0 Å². The van der Waals surface area contributed by atoms with Gasteiger partial charge >= 0.3 is 0 Å². The van der Waals surface area contributed by atoms with Gasteiger partial charge in [-0.2, -0.15) is 0 Å². The molecule has 0 amide bonds. The molecule has 0 radical (unpaired) electrons. The molecule has 0 aliphatic heterocycles. The molecule has 0 fully saturated rings. The summed E-state index contributed by atoms with van der Waals surface area (Å²) in [7, 11) is 2.00. The van der Waals surface area contributed by atoms with Crippen molar-refractivity contribution in [2.45, 2.75) is 36.2 Å². The second-order valence-electron chi connectivity index (χ2n) is 4.84. The lowest BCUT2D eigenvalue weighted by atomic mass is 10.1. The third-order valence-corrected chi connectivity index (χ3v) is 4.38. The van der Waals surface area contributed by atoms with Gasteiger partial charge in [0.1, 0.15) is 10.9 Å². The third-order valence-electron chi connectivity index (χ3n) is 2.98. The van der Waals surface area contributed by atoms with Crippen molar-refractivity contribution in [3.05, 3.63) is 39.8 Å². The number of hydrogen-bond acceptors (Lipinski definition) is 3. The SMILES string of the molecule is CC(C)c1c(Sc2cc(Cl)cc(Cl)c2)nc(CN)n1C. The normalized spacial score (nSPS) is 11.3. The van der Waals surface area contributed by atoms with E-state index in [4.69, 9.17) is 28.9 Å². The number of hydrogen-bond donors (Lipinski definition) is 1. The maximum absolute atomic E-state index is 6.04. The monoisotopic (exact) mass is 329 g/mol. The van der Waals surface area contributed by atoms with E-state index in [1.54, 1.807) is 17.8 Å².